The number of nitrogens with zero attached hydrogens (tertiary/aromatic N) is 4. The second-order valence-corrected chi connectivity index (χ2v) is 8.66. The molecule has 3 aromatic rings. The molecule has 0 saturated carbocycles. The topological polar surface area (TPSA) is 80.1 Å². The number of thioether (sulfide) groups is 1. The smallest absolute Gasteiger partial charge is 0.267 e. The average molecular weight is 400 g/mol. The van der Waals surface area contributed by atoms with E-state index >= 15 is 0 Å². The predicted molar refractivity (Wildman–Crippen MR) is 108 cm³/mol. The highest BCUT2D eigenvalue weighted by molar-refractivity contribution is 7.99. The number of carbonyl (C=O) groups is 1. The molecule has 0 spiro atoms. The highest BCUT2D eigenvalue weighted by Crippen LogP contribution is 2.32. The Morgan fingerprint density at radius 2 is 2.04 bits per heavy atom. The van der Waals surface area contributed by atoms with Crippen LogP contribution in [0.5, 0.6) is 0 Å². The summed E-state index contributed by atoms with van der Waals surface area (Å²) in [7, 11) is 0. The lowest BCUT2D eigenvalue weighted by Crippen LogP contribution is -2.29. The van der Waals surface area contributed by atoms with Crippen molar-refractivity contribution >= 4 is 50.0 Å². The molecule has 1 saturated heterocycles. The second kappa shape index (κ2) is 6.65. The Hall–Kier alpha value is -2.39. The summed E-state index contributed by atoms with van der Waals surface area (Å²) in [6.07, 6.45) is 3.79. The van der Waals surface area contributed by atoms with Crippen LogP contribution in [-0.4, -0.2) is 39.3 Å². The largest absolute Gasteiger partial charge is 0.348 e. The molecule has 1 N–H and O–H groups in total. The van der Waals surface area contributed by atoms with Crippen LogP contribution in [0, 0.1) is 0 Å². The molecule has 0 unspecified atom stereocenters. The molecule has 0 radical (unpaired) electrons. The third-order valence-corrected chi connectivity index (χ3v) is 6.86. The van der Waals surface area contributed by atoms with Gasteiger partial charge in [-0.05, 0) is 31.0 Å². The molecule has 0 aliphatic carbocycles. The number of hydrogen-bond acceptors (Lipinski definition) is 7. The van der Waals surface area contributed by atoms with Gasteiger partial charge in [0, 0.05) is 37.3 Å². The van der Waals surface area contributed by atoms with Crippen LogP contribution < -0.4 is 15.8 Å². The lowest BCUT2D eigenvalue weighted by molar-refractivity contribution is 0.102. The predicted octanol–water partition coefficient (Wildman–Crippen LogP) is 2.81. The van der Waals surface area contributed by atoms with Crippen LogP contribution in [0.25, 0.3) is 10.2 Å². The third-order valence-electron chi connectivity index (χ3n) is 4.81. The number of aromatic nitrogens is 3. The summed E-state index contributed by atoms with van der Waals surface area (Å²) >= 11 is 3.16. The Kier molecular flexibility index (Phi) is 4.13. The van der Waals surface area contributed by atoms with E-state index in [4.69, 9.17) is 4.98 Å². The maximum Gasteiger partial charge on any atom is 0.267 e. The number of nitrogens with one attached hydrogen (secondary N) is 1. The van der Waals surface area contributed by atoms with Crippen molar-refractivity contribution < 1.29 is 4.79 Å². The summed E-state index contributed by atoms with van der Waals surface area (Å²) in [5.41, 5.74) is 1.38. The van der Waals surface area contributed by atoms with Crippen LogP contribution in [0.2, 0.25) is 0 Å². The van der Waals surface area contributed by atoms with Crippen molar-refractivity contribution in [3.63, 3.8) is 0 Å². The Morgan fingerprint density at radius 3 is 2.89 bits per heavy atom. The maximum absolute atomic E-state index is 12.6. The number of thiazole rings is 1. The van der Waals surface area contributed by atoms with E-state index in [0.717, 1.165) is 34.2 Å². The SMILES string of the molecule is O=C(Nc1ccc2nc(N3CCCC3)sc2c1)c1cnc2n(c1=O)CCS2. The van der Waals surface area contributed by atoms with E-state index in [-0.39, 0.29) is 11.1 Å². The first-order valence-electron chi connectivity index (χ1n) is 8.88. The van der Waals surface area contributed by atoms with Gasteiger partial charge >= 0.3 is 0 Å². The lowest BCUT2D eigenvalue weighted by atomic mass is 10.2. The first-order chi connectivity index (χ1) is 13.2. The molecule has 1 aromatic carbocycles. The first kappa shape index (κ1) is 16.8. The minimum absolute atomic E-state index is 0.0726. The van der Waals surface area contributed by atoms with E-state index in [2.05, 4.69) is 15.2 Å². The van der Waals surface area contributed by atoms with Crippen molar-refractivity contribution in [3.05, 3.63) is 40.3 Å². The van der Waals surface area contributed by atoms with Gasteiger partial charge in [-0.3, -0.25) is 14.2 Å². The molecular formula is C18H17N5O2S2. The normalized spacial score (nSPS) is 16.1. The molecule has 1 amide bonds. The van der Waals surface area contributed by atoms with Gasteiger partial charge in [0.15, 0.2) is 10.3 Å². The Morgan fingerprint density at radius 1 is 1.19 bits per heavy atom. The van der Waals surface area contributed by atoms with Crippen LogP contribution in [0.15, 0.2) is 34.3 Å². The number of carbonyl (C=O) groups excluding carboxylic acids is 1. The minimum Gasteiger partial charge on any atom is -0.348 e. The zero-order valence-corrected chi connectivity index (χ0v) is 16.1. The van der Waals surface area contributed by atoms with E-state index in [9.17, 15) is 9.59 Å². The van der Waals surface area contributed by atoms with Crippen molar-refractivity contribution in [1.82, 2.24) is 14.5 Å². The second-order valence-electron chi connectivity index (χ2n) is 6.59. The number of benzene rings is 1. The molecule has 9 heteroatoms. The van der Waals surface area contributed by atoms with Crippen LogP contribution in [-0.2, 0) is 6.54 Å². The zero-order chi connectivity index (χ0) is 18.4. The van der Waals surface area contributed by atoms with Crippen molar-refractivity contribution in [2.24, 2.45) is 0 Å². The fourth-order valence-corrected chi connectivity index (χ4v) is 5.38. The van der Waals surface area contributed by atoms with Crippen LogP contribution in [0.4, 0.5) is 10.8 Å². The average Bonchev–Trinajstić information content (AvgIpc) is 3.41. The Balaban J connectivity index is 1.41. The first-order valence-corrected chi connectivity index (χ1v) is 10.7. The summed E-state index contributed by atoms with van der Waals surface area (Å²) < 4.78 is 2.59. The zero-order valence-electron chi connectivity index (χ0n) is 14.5. The van der Waals surface area contributed by atoms with Crippen molar-refractivity contribution in [1.29, 1.82) is 0 Å². The summed E-state index contributed by atoms with van der Waals surface area (Å²) in [6, 6.07) is 5.65. The molecule has 138 valence electrons. The molecule has 4 heterocycles. The lowest BCUT2D eigenvalue weighted by Gasteiger charge is -2.11. The van der Waals surface area contributed by atoms with E-state index < -0.39 is 5.91 Å². The molecule has 5 rings (SSSR count). The van der Waals surface area contributed by atoms with Gasteiger partial charge < -0.3 is 10.2 Å². The quantitative estimate of drug-likeness (QED) is 0.682. The molecule has 27 heavy (non-hydrogen) atoms. The molecule has 0 bridgehead atoms. The third kappa shape index (κ3) is 3.00. The van der Waals surface area contributed by atoms with Gasteiger partial charge in [0.2, 0.25) is 0 Å². The summed E-state index contributed by atoms with van der Waals surface area (Å²) in [5.74, 6) is 0.387. The Bertz CT molecular complexity index is 1100. The van der Waals surface area contributed by atoms with Crippen molar-refractivity contribution in [3.8, 4) is 0 Å². The molecule has 2 aliphatic rings. The summed E-state index contributed by atoms with van der Waals surface area (Å²) in [5, 5.41) is 4.54. The van der Waals surface area contributed by atoms with E-state index in [1.54, 1.807) is 15.9 Å². The highest BCUT2D eigenvalue weighted by Gasteiger charge is 2.21. The molecule has 1 fully saturated rings. The van der Waals surface area contributed by atoms with Gasteiger partial charge in [0.05, 0.1) is 10.2 Å². The van der Waals surface area contributed by atoms with Gasteiger partial charge in [-0.25, -0.2) is 9.97 Å². The Labute approximate surface area is 163 Å². The molecule has 0 atom stereocenters. The molecule has 2 aliphatic heterocycles. The van der Waals surface area contributed by atoms with Crippen molar-refractivity contribution in [2.75, 3.05) is 29.1 Å². The number of fused-ring (bicyclic) bond motifs is 2. The summed E-state index contributed by atoms with van der Waals surface area (Å²) in [4.78, 5) is 36.3. The summed E-state index contributed by atoms with van der Waals surface area (Å²) in [6.45, 7) is 2.70. The van der Waals surface area contributed by atoms with E-state index in [1.165, 1.54) is 30.8 Å². The number of amides is 1. The maximum atomic E-state index is 12.6. The molecule has 2 aromatic heterocycles. The van der Waals surface area contributed by atoms with Crippen LogP contribution >= 0.6 is 23.1 Å². The van der Waals surface area contributed by atoms with Gasteiger partial charge in [0.1, 0.15) is 5.56 Å². The van der Waals surface area contributed by atoms with Crippen LogP contribution in [0.3, 0.4) is 0 Å². The minimum atomic E-state index is -0.427. The van der Waals surface area contributed by atoms with Crippen molar-refractivity contribution in [2.45, 2.75) is 24.5 Å². The van der Waals surface area contributed by atoms with E-state index in [1.807, 2.05) is 18.2 Å². The number of hydrogen-bond donors (Lipinski definition) is 1. The monoisotopic (exact) mass is 399 g/mol. The molecular weight excluding hydrogens is 382 g/mol. The number of anilines is 2. The van der Waals surface area contributed by atoms with Gasteiger partial charge in [-0.1, -0.05) is 23.1 Å². The van der Waals surface area contributed by atoms with Crippen LogP contribution in [0.1, 0.15) is 23.2 Å². The standard InChI is InChI=1S/C18H17N5O2S2/c24-15(12-10-19-17-23(16(12)25)7-8-26-17)20-11-3-4-13-14(9-11)27-18(21-13)22-5-1-2-6-22/h3-4,9-10H,1-2,5-8H2,(H,20,24). The fraction of sp³-hybridized carbons (Fsp3) is 0.333. The number of rotatable bonds is 3. The van der Waals surface area contributed by atoms with E-state index in [0.29, 0.717) is 17.4 Å². The van der Waals surface area contributed by atoms with Gasteiger partial charge in [-0.15, -0.1) is 0 Å². The molecule has 7 nitrogen and oxygen atoms in total. The fourth-order valence-electron chi connectivity index (χ4n) is 3.41. The van der Waals surface area contributed by atoms with Gasteiger partial charge in [-0.2, -0.15) is 0 Å². The highest BCUT2D eigenvalue weighted by atomic mass is 32.2. The van der Waals surface area contributed by atoms with Gasteiger partial charge in [0.25, 0.3) is 11.5 Å².